The maximum atomic E-state index is 12.9. The van der Waals surface area contributed by atoms with Gasteiger partial charge < -0.3 is 18.9 Å². The second-order valence-electron chi connectivity index (χ2n) is 9.81. The molecule has 0 aromatic heterocycles. The quantitative estimate of drug-likeness (QED) is 0.274. The van der Waals surface area contributed by atoms with Gasteiger partial charge >= 0.3 is 5.97 Å². The Labute approximate surface area is 204 Å². The molecule has 1 aliphatic rings. The summed E-state index contributed by atoms with van der Waals surface area (Å²) in [7, 11) is 1.63. The lowest BCUT2D eigenvalue weighted by molar-refractivity contribution is -0.156. The molecule has 1 fully saturated rings. The molecule has 0 aliphatic carbocycles. The molecule has 0 amide bonds. The number of hydrogen-bond acceptors (Lipinski definition) is 5. The van der Waals surface area contributed by atoms with Gasteiger partial charge in [-0.2, -0.15) is 0 Å². The van der Waals surface area contributed by atoms with Gasteiger partial charge in [-0.1, -0.05) is 64.1 Å². The molecule has 1 atom stereocenters. The van der Waals surface area contributed by atoms with Crippen molar-refractivity contribution in [2.75, 3.05) is 20.3 Å². The minimum atomic E-state index is -0.858. The van der Waals surface area contributed by atoms with Crippen LogP contribution in [0.25, 0.3) is 0 Å². The number of allylic oxidation sites excluding steroid dienone is 1. The number of benzene rings is 2. The Bertz CT molecular complexity index is 925. The SMILES string of the molecule is COc1ccc(OCC2(COCc3ccccc3)C/C(=C\CC(C(C)C)C(C)C)C(=O)O2)cc1. The molecule has 3 rings (SSSR count). The zero-order chi connectivity index (χ0) is 24.6. The second kappa shape index (κ2) is 12.1. The molecule has 5 nitrogen and oxygen atoms in total. The monoisotopic (exact) mass is 466 g/mol. The van der Waals surface area contributed by atoms with Crippen molar-refractivity contribution >= 4 is 5.97 Å². The predicted octanol–water partition coefficient (Wildman–Crippen LogP) is 6.22. The van der Waals surface area contributed by atoms with E-state index < -0.39 is 5.60 Å². The number of ether oxygens (including phenoxy) is 4. The number of cyclic esters (lactones) is 1. The average Bonchev–Trinajstić information content (AvgIpc) is 3.14. The lowest BCUT2D eigenvalue weighted by atomic mass is 9.82. The van der Waals surface area contributed by atoms with Crippen LogP contribution in [0.1, 0.15) is 46.1 Å². The third-order valence-electron chi connectivity index (χ3n) is 6.47. The van der Waals surface area contributed by atoms with E-state index in [9.17, 15) is 4.79 Å². The Kier molecular flexibility index (Phi) is 9.17. The first kappa shape index (κ1) is 25.8. The number of carbonyl (C=O) groups is 1. The molecular weight excluding hydrogens is 428 g/mol. The number of rotatable bonds is 12. The van der Waals surface area contributed by atoms with Gasteiger partial charge in [-0.15, -0.1) is 0 Å². The first-order valence-electron chi connectivity index (χ1n) is 12.1. The molecule has 0 saturated carbocycles. The minimum Gasteiger partial charge on any atom is -0.497 e. The zero-order valence-corrected chi connectivity index (χ0v) is 21.1. The highest BCUT2D eigenvalue weighted by molar-refractivity contribution is 5.91. The van der Waals surface area contributed by atoms with Gasteiger partial charge in [0.15, 0.2) is 5.60 Å². The summed E-state index contributed by atoms with van der Waals surface area (Å²) in [5.41, 5.74) is 0.932. The lowest BCUT2D eigenvalue weighted by Gasteiger charge is -2.27. The van der Waals surface area contributed by atoms with Gasteiger partial charge in [-0.3, -0.25) is 0 Å². The molecule has 0 spiro atoms. The predicted molar refractivity (Wildman–Crippen MR) is 134 cm³/mol. The van der Waals surface area contributed by atoms with Crippen molar-refractivity contribution in [3.8, 4) is 11.5 Å². The van der Waals surface area contributed by atoms with E-state index in [0.29, 0.717) is 42.1 Å². The van der Waals surface area contributed by atoms with E-state index in [-0.39, 0.29) is 19.2 Å². The third kappa shape index (κ3) is 7.10. The molecule has 2 aromatic rings. The van der Waals surface area contributed by atoms with Gasteiger partial charge in [0.1, 0.15) is 18.1 Å². The third-order valence-corrected chi connectivity index (χ3v) is 6.47. The van der Waals surface area contributed by atoms with E-state index in [4.69, 9.17) is 18.9 Å². The zero-order valence-electron chi connectivity index (χ0n) is 21.1. The summed E-state index contributed by atoms with van der Waals surface area (Å²) >= 11 is 0. The number of hydrogen-bond donors (Lipinski definition) is 0. The number of methoxy groups -OCH3 is 1. The first-order chi connectivity index (χ1) is 16.3. The summed E-state index contributed by atoms with van der Waals surface area (Å²) in [5, 5.41) is 0. The van der Waals surface area contributed by atoms with E-state index in [1.54, 1.807) is 7.11 Å². The molecular formula is C29H38O5. The van der Waals surface area contributed by atoms with Gasteiger partial charge in [0.2, 0.25) is 0 Å². The van der Waals surface area contributed by atoms with E-state index in [0.717, 1.165) is 17.7 Å². The first-order valence-corrected chi connectivity index (χ1v) is 12.1. The summed E-state index contributed by atoms with van der Waals surface area (Å²) in [5.74, 6) is 2.79. The molecule has 0 N–H and O–H groups in total. The van der Waals surface area contributed by atoms with Crippen molar-refractivity contribution in [1.29, 1.82) is 0 Å². The van der Waals surface area contributed by atoms with Crippen LogP contribution in [0.2, 0.25) is 0 Å². The Morgan fingerprint density at radius 1 is 0.941 bits per heavy atom. The minimum absolute atomic E-state index is 0.217. The van der Waals surface area contributed by atoms with Crippen molar-refractivity contribution < 1.29 is 23.7 Å². The maximum Gasteiger partial charge on any atom is 0.334 e. The van der Waals surface area contributed by atoms with Crippen LogP contribution >= 0.6 is 0 Å². The van der Waals surface area contributed by atoms with Crippen LogP contribution in [0.4, 0.5) is 0 Å². The van der Waals surface area contributed by atoms with Crippen molar-refractivity contribution in [3.63, 3.8) is 0 Å². The van der Waals surface area contributed by atoms with Crippen molar-refractivity contribution in [1.82, 2.24) is 0 Å². The van der Waals surface area contributed by atoms with E-state index >= 15 is 0 Å². The molecule has 0 bridgehead atoms. The van der Waals surface area contributed by atoms with Gasteiger partial charge in [0.05, 0.1) is 20.3 Å². The van der Waals surface area contributed by atoms with Crippen LogP contribution < -0.4 is 9.47 Å². The summed E-state index contributed by atoms with van der Waals surface area (Å²) in [6.07, 6.45) is 3.40. The highest BCUT2D eigenvalue weighted by Gasteiger charge is 2.45. The summed E-state index contributed by atoms with van der Waals surface area (Å²) in [6, 6.07) is 17.4. The highest BCUT2D eigenvalue weighted by atomic mass is 16.6. The number of esters is 1. The molecule has 0 radical (unpaired) electrons. The summed E-state index contributed by atoms with van der Waals surface area (Å²) < 4.78 is 23.2. The Morgan fingerprint density at radius 3 is 2.21 bits per heavy atom. The van der Waals surface area contributed by atoms with Crippen LogP contribution in [0, 0.1) is 17.8 Å². The second-order valence-corrected chi connectivity index (χ2v) is 9.81. The summed E-state index contributed by atoms with van der Waals surface area (Å²) in [4.78, 5) is 12.9. The molecule has 34 heavy (non-hydrogen) atoms. The van der Waals surface area contributed by atoms with Gasteiger partial charge in [0.25, 0.3) is 0 Å². The largest absolute Gasteiger partial charge is 0.497 e. The topological polar surface area (TPSA) is 54.0 Å². The van der Waals surface area contributed by atoms with Gasteiger partial charge in [-0.05, 0) is 54.0 Å². The highest BCUT2D eigenvalue weighted by Crippen LogP contribution is 2.34. The van der Waals surface area contributed by atoms with Crippen LogP contribution in [0.5, 0.6) is 11.5 Å². The van der Waals surface area contributed by atoms with Crippen LogP contribution in [0.3, 0.4) is 0 Å². The normalized spacial score (nSPS) is 19.3. The van der Waals surface area contributed by atoms with Crippen LogP contribution in [-0.2, 0) is 20.9 Å². The maximum absolute atomic E-state index is 12.9. The molecule has 5 heteroatoms. The Hall–Kier alpha value is -2.79. The molecule has 1 unspecified atom stereocenters. The van der Waals surface area contributed by atoms with Gasteiger partial charge in [0, 0.05) is 12.0 Å². The molecule has 1 aliphatic heterocycles. The van der Waals surface area contributed by atoms with Crippen molar-refractivity contribution in [2.45, 2.75) is 52.7 Å². The molecule has 2 aromatic carbocycles. The Morgan fingerprint density at radius 2 is 1.59 bits per heavy atom. The fourth-order valence-electron chi connectivity index (χ4n) is 4.48. The van der Waals surface area contributed by atoms with E-state index in [1.807, 2.05) is 54.6 Å². The van der Waals surface area contributed by atoms with Crippen LogP contribution in [0.15, 0.2) is 66.2 Å². The summed E-state index contributed by atoms with van der Waals surface area (Å²) in [6.45, 7) is 9.88. The lowest BCUT2D eigenvalue weighted by Crippen LogP contribution is -2.40. The fourth-order valence-corrected chi connectivity index (χ4v) is 4.48. The fraction of sp³-hybridized carbons (Fsp3) is 0.483. The molecule has 1 saturated heterocycles. The molecule has 184 valence electrons. The van der Waals surface area contributed by atoms with E-state index in [1.165, 1.54) is 0 Å². The van der Waals surface area contributed by atoms with Crippen LogP contribution in [-0.4, -0.2) is 31.9 Å². The average molecular weight is 467 g/mol. The molecule has 1 heterocycles. The van der Waals surface area contributed by atoms with Gasteiger partial charge in [-0.25, -0.2) is 4.79 Å². The van der Waals surface area contributed by atoms with Crippen molar-refractivity contribution in [2.24, 2.45) is 17.8 Å². The Balaban J connectivity index is 1.72. The number of carbonyl (C=O) groups excluding carboxylic acids is 1. The smallest absolute Gasteiger partial charge is 0.334 e. The van der Waals surface area contributed by atoms with Crippen molar-refractivity contribution in [3.05, 3.63) is 71.8 Å². The standard InChI is InChI=1S/C29H38O5/c1-21(2)27(22(3)4)16-11-24-17-29(34-28(24)30,19-32-18-23-9-7-6-8-10-23)20-33-26-14-12-25(31-5)13-15-26/h6-15,21-22,27H,16-20H2,1-5H3/b24-11+. The van der Waals surface area contributed by atoms with E-state index in [2.05, 4.69) is 33.8 Å².